The summed E-state index contributed by atoms with van der Waals surface area (Å²) in [6, 6.07) is 9.17. The molecule has 1 aromatic rings. The smallest absolute Gasteiger partial charge is 0.410 e. The quantitative estimate of drug-likeness (QED) is 0.846. The van der Waals surface area contributed by atoms with Crippen molar-refractivity contribution in [3.8, 4) is 6.07 Å². The minimum Gasteiger partial charge on any atom is -0.444 e. The van der Waals surface area contributed by atoms with Crippen molar-refractivity contribution in [3.63, 3.8) is 0 Å². The summed E-state index contributed by atoms with van der Waals surface area (Å²) >= 11 is 0. The molecular weight excluding hydrogens is 318 g/mol. The number of carbonyl (C=O) groups excluding carboxylic acids is 2. The van der Waals surface area contributed by atoms with Crippen LogP contribution in [0.5, 0.6) is 0 Å². The second-order valence-corrected chi connectivity index (χ2v) is 7.32. The highest BCUT2D eigenvalue weighted by Crippen LogP contribution is 2.20. The largest absolute Gasteiger partial charge is 0.444 e. The van der Waals surface area contributed by atoms with Gasteiger partial charge in [0.25, 0.3) is 5.91 Å². The number of ether oxygens (including phenoxy) is 1. The topological polar surface area (TPSA) is 73.6 Å². The molecule has 1 saturated heterocycles. The Kier molecular flexibility index (Phi) is 5.68. The summed E-state index contributed by atoms with van der Waals surface area (Å²) in [6.45, 7) is 6.55. The first-order chi connectivity index (χ1) is 11.7. The molecule has 0 unspecified atom stereocenters. The molecule has 25 heavy (non-hydrogen) atoms. The van der Waals surface area contributed by atoms with E-state index in [1.54, 1.807) is 35.0 Å². The van der Waals surface area contributed by atoms with Crippen LogP contribution in [0.15, 0.2) is 24.3 Å². The SMILES string of the molecule is CN(C(=O)c1cccc(CC#N)c1)[C@@H]1CCN(C(=O)OC(C)(C)C)C1. The predicted octanol–water partition coefficient (Wildman–Crippen LogP) is 2.83. The first-order valence-corrected chi connectivity index (χ1v) is 8.42. The van der Waals surface area contributed by atoms with Gasteiger partial charge in [-0.25, -0.2) is 4.79 Å². The van der Waals surface area contributed by atoms with Crippen LogP contribution >= 0.6 is 0 Å². The molecule has 0 spiro atoms. The van der Waals surface area contributed by atoms with Crippen LogP contribution in [-0.2, 0) is 11.2 Å². The average Bonchev–Trinajstić information content (AvgIpc) is 3.02. The standard InChI is InChI=1S/C19H25N3O3/c1-19(2,3)25-18(24)22-11-9-16(13-22)21(4)17(23)15-7-5-6-14(12-15)8-10-20/h5-7,12,16H,8-9,11,13H2,1-4H3/t16-/m1/s1. The molecule has 0 bridgehead atoms. The van der Waals surface area contributed by atoms with Gasteiger partial charge in [-0.3, -0.25) is 4.79 Å². The van der Waals surface area contributed by atoms with Crippen molar-refractivity contribution in [1.82, 2.24) is 9.80 Å². The maximum Gasteiger partial charge on any atom is 0.410 e. The molecule has 1 aliphatic heterocycles. The van der Waals surface area contributed by atoms with Gasteiger partial charge in [-0.05, 0) is 44.9 Å². The summed E-state index contributed by atoms with van der Waals surface area (Å²) in [7, 11) is 1.75. The Labute approximate surface area is 149 Å². The van der Waals surface area contributed by atoms with Crippen molar-refractivity contribution < 1.29 is 14.3 Å². The van der Waals surface area contributed by atoms with Crippen molar-refractivity contribution in [1.29, 1.82) is 5.26 Å². The summed E-state index contributed by atoms with van der Waals surface area (Å²) in [4.78, 5) is 28.2. The number of likely N-dealkylation sites (tertiary alicyclic amines) is 1. The molecule has 0 saturated carbocycles. The van der Waals surface area contributed by atoms with Gasteiger partial charge in [0.05, 0.1) is 18.5 Å². The van der Waals surface area contributed by atoms with Gasteiger partial charge in [0.2, 0.25) is 0 Å². The van der Waals surface area contributed by atoms with Crippen molar-refractivity contribution >= 4 is 12.0 Å². The fraction of sp³-hybridized carbons (Fsp3) is 0.526. The Morgan fingerprint density at radius 2 is 2.12 bits per heavy atom. The van der Waals surface area contributed by atoms with Crippen LogP contribution < -0.4 is 0 Å². The first kappa shape index (κ1) is 18.8. The Bertz CT molecular complexity index is 688. The van der Waals surface area contributed by atoms with E-state index in [1.807, 2.05) is 26.8 Å². The van der Waals surface area contributed by atoms with Crippen LogP contribution in [0.1, 0.15) is 43.1 Å². The zero-order valence-electron chi connectivity index (χ0n) is 15.3. The number of likely N-dealkylation sites (N-methyl/N-ethyl adjacent to an activating group) is 1. The Morgan fingerprint density at radius 3 is 2.76 bits per heavy atom. The fourth-order valence-electron chi connectivity index (χ4n) is 2.83. The molecule has 0 N–H and O–H groups in total. The molecule has 2 amide bonds. The van der Waals surface area contributed by atoms with Crippen LogP contribution in [0.3, 0.4) is 0 Å². The number of amides is 2. The lowest BCUT2D eigenvalue weighted by Crippen LogP contribution is -2.41. The van der Waals surface area contributed by atoms with Crippen LogP contribution in [0.25, 0.3) is 0 Å². The van der Waals surface area contributed by atoms with Crippen LogP contribution in [0.4, 0.5) is 4.79 Å². The van der Waals surface area contributed by atoms with E-state index in [1.165, 1.54) is 0 Å². The number of hydrogen-bond donors (Lipinski definition) is 0. The van der Waals surface area contributed by atoms with Crippen molar-refractivity contribution in [2.45, 2.75) is 45.3 Å². The van der Waals surface area contributed by atoms with Gasteiger partial charge in [-0.2, -0.15) is 5.26 Å². The molecule has 1 fully saturated rings. The van der Waals surface area contributed by atoms with E-state index in [2.05, 4.69) is 6.07 Å². The molecule has 0 aromatic heterocycles. The Hall–Kier alpha value is -2.55. The zero-order chi connectivity index (χ0) is 18.6. The second-order valence-electron chi connectivity index (χ2n) is 7.32. The first-order valence-electron chi connectivity index (χ1n) is 8.42. The predicted molar refractivity (Wildman–Crippen MR) is 94.1 cm³/mol. The highest BCUT2D eigenvalue weighted by molar-refractivity contribution is 5.94. The molecule has 1 heterocycles. The number of nitrogens with zero attached hydrogens (tertiary/aromatic N) is 3. The van der Waals surface area contributed by atoms with Crippen LogP contribution in [0.2, 0.25) is 0 Å². The second kappa shape index (κ2) is 7.56. The number of carbonyl (C=O) groups is 2. The van der Waals surface area contributed by atoms with Gasteiger partial charge in [-0.15, -0.1) is 0 Å². The van der Waals surface area contributed by atoms with E-state index >= 15 is 0 Å². The van der Waals surface area contributed by atoms with Crippen molar-refractivity contribution in [2.24, 2.45) is 0 Å². The van der Waals surface area contributed by atoms with Gasteiger partial charge in [0, 0.05) is 25.7 Å². The van der Waals surface area contributed by atoms with Gasteiger partial charge >= 0.3 is 6.09 Å². The number of nitriles is 1. The highest BCUT2D eigenvalue weighted by atomic mass is 16.6. The third-order valence-corrected chi connectivity index (χ3v) is 4.14. The molecule has 0 aliphatic carbocycles. The lowest BCUT2D eigenvalue weighted by molar-refractivity contribution is 0.0279. The lowest BCUT2D eigenvalue weighted by atomic mass is 10.1. The Balaban J connectivity index is 2.00. The van der Waals surface area contributed by atoms with Gasteiger partial charge < -0.3 is 14.5 Å². The van der Waals surface area contributed by atoms with Gasteiger partial charge in [0.1, 0.15) is 5.60 Å². The highest BCUT2D eigenvalue weighted by Gasteiger charge is 2.33. The summed E-state index contributed by atoms with van der Waals surface area (Å²) in [5.74, 6) is -0.101. The molecule has 2 rings (SSSR count). The zero-order valence-corrected chi connectivity index (χ0v) is 15.3. The minimum absolute atomic E-state index is 0.0420. The Morgan fingerprint density at radius 1 is 1.40 bits per heavy atom. The number of rotatable bonds is 3. The fourth-order valence-corrected chi connectivity index (χ4v) is 2.83. The van der Waals surface area contributed by atoms with Gasteiger partial charge in [-0.1, -0.05) is 12.1 Å². The summed E-state index contributed by atoms with van der Waals surface area (Å²) in [5, 5.41) is 8.80. The number of hydrogen-bond acceptors (Lipinski definition) is 4. The molecule has 1 aromatic carbocycles. The molecule has 1 aliphatic rings. The normalized spacial score (nSPS) is 17.1. The van der Waals surface area contributed by atoms with Crippen LogP contribution in [-0.4, -0.2) is 53.6 Å². The van der Waals surface area contributed by atoms with E-state index in [9.17, 15) is 9.59 Å². The number of benzene rings is 1. The summed E-state index contributed by atoms with van der Waals surface area (Å²) < 4.78 is 5.39. The van der Waals surface area contributed by atoms with E-state index in [0.29, 0.717) is 18.7 Å². The van der Waals surface area contributed by atoms with E-state index < -0.39 is 5.60 Å². The monoisotopic (exact) mass is 343 g/mol. The maximum absolute atomic E-state index is 12.7. The van der Waals surface area contributed by atoms with Crippen molar-refractivity contribution in [2.75, 3.05) is 20.1 Å². The van der Waals surface area contributed by atoms with E-state index in [4.69, 9.17) is 10.00 Å². The van der Waals surface area contributed by atoms with Gasteiger partial charge in [0.15, 0.2) is 0 Å². The minimum atomic E-state index is -0.530. The molecular formula is C19H25N3O3. The summed E-state index contributed by atoms with van der Waals surface area (Å²) in [6.07, 6.45) is 0.659. The van der Waals surface area contributed by atoms with Crippen molar-refractivity contribution in [3.05, 3.63) is 35.4 Å². The van der Waals surface area contributed by atoms with Crippen LogP contribution in [0, 0.1) is 11.3 Å². The molecule has 134 valence electrons. The summed E-state index contributed by atoms with van der Waals surface area (Å²) in [5.41, 5.74) is 0.854. The molecule has 1 atom stereocenters. The maximum atomic E-state index is 12.7. The lowest BCUT2D eigenvalue weighted by Gasteiger charge is -2.27. The third kappa shape index (κ3) is 4.96. The molecule has 6 nitrogen and oxygen atoms in total. The average molecular weight is 343 g/mol. The third-order valence-electron chi connectivity index (χ3n) is 4.14. The molecule has 6 heteroatoms. The molecule has 0 radical (unpaired) electrons. The van der Waals surface area contributed by atoms with E-state index in [0.717, 1.165) is 12.0 Å². The van der Waals surface area contributed by atoms with E-state index in [-0.39, 0.29) is 24.5 Å².